The molecule has 1 heterocycles. The summed E-state index contributed by atoms with van der Waals surface area (Å²) < 4.78 is 58.7. The molecule has 0 fully saturated rings. The molecule has 0 bridgehead atoms. The minimum Gasteiger partial charge on any atom is -0.492 e. The van der Waals surface area contributed by atoms with Gasteiger partial charge in [0.1, 0.15) is 17.3 Å². The fourth-order valence-corrected chi connectivity index (χ4v) is 2.46. The lowest BCUT2D eigenvalue weighted by Crippen LogP contribution is -2.41. The van der Waals surface area contributed by atoms with Gasteiger partial charge in [0, 0.05) is 25.6 Å². The average molecular weight is 406 g/mol. The third-order valence-corrected chi connectivity index (χ3v) is 3.84. The van der Waals surface area contributed by atoms with Gasteiger partial charge in [-0.05, 0) is 12.5 Å². The molecule has 2 rings (SSSR count). The zero-order valence-electron chi connectivity index (χ0n) is 13.8. The molecule has 11 heteroatoms. The van der Waals surface area contributed by atoms with E-state index in [1.807, 2.05) is 6.07 Å². The van der Waals surface area contributed by atoms with Gasteiger partial charge in [-0.15, -0.1) is 0 Å². The van der Waals surface area contributed by atoms with Gasteiger partial charge in [-0.1, -0.05) is 11.6 Å². The molecule has 0 aliphatic rings. The number of halogens is 5. The number of ether oxygens (including phenoxy) is 1. The second-order valence-corrected chi connectivity index (χ2v) is 5.79. The molecule has 0 radical (unpaired) electrons. The summed E-state index contributed by atoms with van der Waals surface area (Å²) in [7, 11) is 0.814. The third-order valence-electron chi connectivity index (χ3n) is 3.54. The molecule has 1 aromatic carbocycles. The standard InChI is InChI=1S/C16H12ClF4N3O3/c1-23-13(16(19,20)21)8-14(25)24(15(23)26)11-7-12(9(17)6-10(11)18)27-5-3-2-4-22/h6-8H,2-3,5H2,1H3. The molecular weight excluding hydrogens is 394 g/mol. The SMILES string of the molecule is Cn1c(C(F)(F)F)cc(=O)n(-c2cc(OCCCC#N)c(Cl)cc2F)c1=O. The molecule has 0 atom stereocenters. The zero-order valence-corrected chi connectivity index (χ0v) is 14.6. The van der Waals surface area contributed by atoms with E-state index in [0.717, 1.165) is 19.2 Å². The van der Waals surface area contributed by atoms with Gasteiger partial charge in [0.2, 0.25) is 0 Å². The fourth-order valence-electron chi connectivity index (χ4n) is 2.25. The molecule has 0 N–H and O–H groups in total. The smallest absolute Gasteiger partial charge is 0.431 e. The summed E-state index contributed by atoms with van der Waals surface area (Å²) in [5.74, 6) is -1.18. The van der Waals surface area contributed by atoms with E-state index >= 15 is 0 Å². The number of alkyl halides is 3. The number of nitriles is 1. The maximum absolute atomic E-state index is 14.3. The third kappa shape index (κ3) is 4.31. The first-order chi connectivity index (χ1) is 12.6. The lowest BCUT2D eigenvalue weighted by atomic mass is 10.2. The fraction of sp³-hybridized carbons (Fsp3) is 0.312. The van der Waals surface area contributed by atoms with Crippen molar-refractivity contribution in [2.45, 2.75) is 19.0 Å². The van der Waals surface area contributed by atoms with Gasteiger partial charge in [0.25, 0.3) is 5.56 Å². The molecular formula is C16H12ClF4N3O3. The first-order valence-electron chi connectivity index (χ1n) is 7.47. The minimum atomic E-state index is -4.93. The summed E-state index contributed by atoms with van der Waals surface area (Å²) in [6, 6.07) is 3.82. The second-order valence-electron chi connectivity index (χ2n) is 5.39. The highest BCUT2D eigenvalue weighted by atomic mass is 35.5. The van der Waals surface area contributed by atoms with Crippen LogP contribution in [0.15, 0.2) is 27.8 Å². The topological polar surface area (TPSA) is 77.0 Å². The molecule has 0 saturated heterocycles. The summed E-state index contributed by atoms with van der Waals surface area (Å²) in [6.07, 6.45) is -4.38. The quantitative estimate of drug-likeness (QED) is 0.566. The van der Waals surface area contributed by atoms with Crippen molar-refractivity contribution in [2.75, 3.05) is 6.61 Å². The molecule has 0 aliphatic heterocycles. The van der Waals surface area contributed by atoms with Crippen LogP contribution in [-0.4, -0.2) is 15.7 Å². The Kier molecular flexibility index (Phi) is 5.95. The highest BCUT2D eigenvalue weighted by Gasteiger charge is 2.35. The van der Waals surface area contributed by atoms with E-state index < -0.39 is 34.6 Å². The van der Waals surface area contributed by atoms with Gasteiger partial charge < -0.3 is 4.74 Å². The van der Waals surface area contributed by atoms with Gasteiger partial charge in [-0.2, -0.15) is 18.4 Å². The number of hydrogen-bond donors (Lipinski definition) is 0. The van der Waals surface area contributed by atoms with E-state index in [1.54, 1.807) is 0 Å². The lowest BCUT2D eigenvalue weighted by Gasteiger charge is -2.15. The van der Waals surface area contributed by atoms with Crippen molar-refractivity contribution in [2.24, 2.45) is 7.05 Å². The average Bonchev–Trinajstić information content (AvgIpc) is 2.57. The van der Waals surface area contributed by atoms with Crippen molar-refractivity contribution in [3.05, 3.63) is 55.6 Å². The number of nitrogens with zero attached hydrogens (tertiary/aromatic N) is 3. The largest absolute Gasteiger partial charge is 0.492 e. The molecule has 0 spiro atoms. The predicted molar refractivity (Wildman–Crippen MR) is 87.6 cm³/mol. The molecule has 0 aliphatic carbocycles. The van der Waals surface area contributed by atoms with Crippen molar-refractivity contribution in [1.82, 2.24) is 9.13 Å². The molecule has 0 unspecified atom stereocenters. The molecule has 0 saturated carbocycles. The van der Waals surface area contributed by atoms with E-state index in [9.17, 15) is 27.2 Å². The van der Waals surface area contributed by atoms with Gasteiger partial charge in [-0.3, -0.25) is 9.36 Å². The predicted octanol–water partition coefficient (Wildman–Crippen LogP) is 3.03. The number of unbranched alkanes of at least 4 members (excludes halogenated alkanes) is 1. The van der Waals surface area contributed by atoms with Crippen LogP contribution in [-0.2, 0) is 13.2 Å². The van der Waals surface area contributed by atoms with E-state index in [4.69, 9.17) is 21.6 Å². The Hall–Kier alpha value is -2.80. The van der Waals surface area contributed by atoms with Crippen LogP contribution in [0.4, 0.5) is 17.6 Å². The molecule has 0 amide bonds. The summed E-state index contributed by atoms with van der Waals surface area (Å²) in [6.45, 7) is 0.0538. The number of aromatic nitrogens is 2. The van der Waals surface area contributed by atoms with Crippen LogP contribution >= 0.6 is 11.6 Å². The van der Waals surface area contributed by atoms with Gasteiger partial charge in [0.05, 0.1) is 23.4 Å². The highest BCUT2D eigenvalue weighted by molar-refractivity contribution is 6.32. The Bertz CT molecular complexity index is 1020. The monoisotopic (exact) mass is 405 g/mol. The minimum absolute atomic E-state index is 0.0538. The number of hydrogen-bond acceptors (Lipinski definition) is 4. The van der Waals surface area contributed by atoms with E-state index in [1.165, 1.54) is 0 Å². The van der Waals surface area contributed by atoms with Crippen LogP contribution in [0.25, 0.3) is 5.69 Å². The first kappa shape index (κ1) is 20.5. The van der Waals surface area contributed by atoms with Crippen molar-refractivity contribution in [3.63, 3.8) is 0 Å². The maximum Gasteiger partial charge on any atom is 0.431 e. The summed E-state index contributed by atoms with van der Waals surface area (Å²) >= 11 is 5.85. The van der Waals surface area contributed by atoms with Crippen molar-refractivity contribution >= 4 is 11.6 Å². The first-order valence-corrected chi connectivity index (χ1v) is 7.85. The van der Waals surface area contributed by atoms with Gasteiger partial charge >= 0.3 is 11.9 Å². The van der Waals surface area contributed by atoms with E-state index in [2.05, 4.69) is 0 Å². The molecule has 27 heavy (non-hydrogen) atoms. The maximum atomic E-state index is 14.3. The Morgan fingerprint density at radius 2 is 1.93 bits per heavy atom. The normalized spacial score (nSPS) is 11.3. The number of benzene rings is 1. The Balaban J connectivity index is 2.59. The van der Waals surface area contributed by atoms with Crippen molar-refractivity contribution in [3.8, 4) is 17.5 Å². The summed E-state index contributed by atoms with van der Waals surface area (Å²) in [4.78, 5) is 24.3. The second kappa shape index (κ2) is 7.84. The van der Waals surface area contributed by atoms with Crippen LogP contribution in [0.3, 0.4) is 0 Å². The Labute approximate surface area is 154 Å². The Morgan fingerprint density at radius 3 is 2.52 bits per heavy atom. The van der Waals surface area contributed by atoms with E-state index in [0.29, 0.717) is 6.42 Å². The Morgan fingerprint density at radius 1 is 1.26 bits per heavy atom. The van der Waals surface area contributed by atoms with Gasteiger partial charge in [0.15, 0.2) is 0 Å². The zero-order chi connectivity index (χ0) is 20.4. The summed E-state index contributed by atoms with van der Waals surface area (Å²) in [5.41, 5.74) is -4.81. The van der Waals surface area contributed by atoms with E-state index in [-0.39, 0.29) is 39.0 Å². The van der Waals surface area contributed by atoms with Crippen molar-refractivity contribution in [1.29, 1.82) is 5.26 Å². The molecule has 1 aromatic heterocycles. The molecule has 144 valence electrons. The van der Waals surface area contributed by atoms with Crippen LogP contribution in [0.5, 0.6) is 5.75 Å². The van der Waals surface area contributed by atoms with Crippen LogP contribution in [0, 0.1) is 17.1 Å². The summed E-state index contributed by atoms with van der Waals surface area (Å²) in [5, 5.41) is 8.32. The van der Waals surface area contributed by atoms with Crippen LogP contribution in [0.1, 0.15) is 18.5 Å². The lowest BCUT2D eigenvalue weighted by molar-refractivity contribution is -0.144. The molecule has 2 aromatic rings. The highest BCUT2D eigenvalue weighted by Crippen LogP contribution is 2.30. The number of rotatable bonds is 5. The van der Waals surface area contributed by atoms with Crippen LogP contribution < -0.4 is 16.0 Å². The van der Waals surface area contributed by atoms with Crippen LogP contribution in [0.2, 0.25) is 5.02 Å². The van der Waals surface area contributed by atoms with Crippen molar-refractivity contribution < 1.29 is 22.3 Å². The molecule has 6 nitrogen and oxygen atoms in total. The van der Waals surface area contributed by atoms with Gasteiger partial charge in [-0.25, -0.2) is 13.8 Å².